The van der Waals surface area contributed by atoms with E-state index in [1.807, 2.05) is 0 Å². The molecule has 0 aromatic heterocycles. The van der Waals surface area contributed by atoms with Gasteiger partial charge in [0.05, 0.1) is 24.3 Å². The van der Waals surface area contributed by atoms with Crippen LogP contribution in [-0.2, 0) is 4.74 Å². The number of aliphatic hydroxyl groups is 1. The first-order chi connectivity index (χ1) is 8.10. The fourth-order valence-electron chi connectivity index (χ4n) is 1.18. The lowest BCUT2D eigenvalue weighted by Crippen LogP contribution is -2.06. The highest BCUT2D eigenvalue weighted by atomic mass is 35.5. The van der Waals surface area contributed by atoms with Crippen molar-refractivity contribution in [1.82, 2.24) is 0 Å². The molecule has 1 rings (SSSR count). The van der Waals surface area contributed by atoms with Crippen molar-refractivity contribution in [3.8, 4) is 11.8 Å². The maximum absolute atomic E-state index is 11.4. The average Bonchev–Trinajstić information content (AvgIpc) is 2.31. The third-order valence-corrected chi connectivity index (χ3v) is 2.32. The number of ether oxygens (including phenoxy) is 1. The number of nitrogens with two attached hydrogens (primary N) is 1. The van der Waals surface area contributed by atoms with Crippen LogP contribution >= 0.6 is 11.6 Å². The molecule has 1 aromatic rings. The molecule has 3 N–H and O–H groups in total. The van der Waals surface area contributed by atoms with Crippen molar-refractivity contribution in [2.75, 3.05) is 19.5 Å². The molecule has 0 aliphatic carbocycles. The van der Waals surface area contributed by atoms with Crippen LogP contribution in [-0.4, -0.2) is 24.8 Å². The number of methoxy groups -OCH3 is 1. The van der Waals surface area contributed by atoms with Crippen LogP contribution in [0.25, 0.3) is 0 Å². The first-order valence-electron chi connectivity index (χ1n) is 4.87. The highest BCUT2D eigenvalue weighted by Crippen LogP contribution is 2.23. The SMILES string of the molecule is COC(=O)c1cc(C#CCCO)c(Cl)cc1N. The van der Waals surface area contributed by atoms with E-state index < -0.39 is 5.97 Å². The van der Waals surface area contributed by atoms with Crippen LogP contribution in [0.3, 0.4) is 0 Å². The summed E-state index contributed by atoms with van der Waals surface area (Å²) in [6, 6.07) is 2.94. The van der Waals surface area contributed by atoms with Crippen LogP contribution in [0.5, 0.6) is 0 Å². The number of anilines is 1. The molecule has 1 aromatic carbocycles. The van der Waals surface area contributed by atoms with Crippen molar-refractivity contribution in [2.24, 2.45) is 0 Å². The Morgan fingerprint density at radius 3 is 2.88 bits per heavy atom. The molecule has 0 unspecified atom stereocenters. The summed E-state index contributed by atoms with van der Waals surface area (Å²) in [6.07, 6.45) is 0.342. The summed E-state index contributed by atoms with van der Waals surface area (Å²) < 4.78 is 4.59. The molecule has 4 nitrogen and oxygen atoms in total. The predicted octanol–water partition coefficient (Wildman–Crippen LogP) is 1.44. The topological polar surface area (TPSA) is 72.5 Å². The number of benzene rings is 1. The Morgan fingerprint density at radius 1 is 1.59 bits per heavy atom. The molecule has 0 bridgehead atoms. The van der Waals surface area contributed by atoms with Gasteiger partial charge in [0.2, 0.25) is 0 Å². The first kappa shape index (κ1) is 13.4. The fraction of sp³-hybridized carbons (Fsp3) is 0.250. The Bertz CT molecular complexity index is 489. The summed E-state index contributed by atoms with van der Waals surface area (Å²) in [7, 11) is 1.27. The Hall–Kier alpha value is -1.70. The molecule has 17 heavy (non-hydrogen) atoms. The van der Waals surface area contributed by atoms with Gasteiger partial charge in [-0.1, -0.05) is 23.4 Å². The largest absolute Gasteiger partial charge is 0.465 e. The van der Waals surface area contributed by atoms with Crippen LogP contribution < -0.4 is 5.73 Å². The lowest BCUT2D eigenvalue weighted by molar-refractivity contribution is 0.0602. The molecule has 0 saturated carbocycles. The predicted molar refractivity (Wildman–Crippen MR) is 65.8 cm³/mol. The Morgan fingerprint density at radius 2 is 2.29 bits per heavy atom. The minimum absolute atomic E-state index is 0.0244. The summed E-state index contributed by atoms with van der Waals surface area (Å²) >= 11 is 5.93. The molecule has 0 aliphatic heterocycles. The van der Waals surface area contributed by atoms with Crippen molar-refractivity contribution in [2.45, 2.75) is 6.42 Å². The van der Waals surface area contributed by atoms with Crippen molar-refractivity contribution >= 4 is 23.3 Å². The molecule has 0 radical (unpaired) electrons. The molecule has 90 valence electrons. The number of nitrogen functional groups attached to an aromatic ring is 1. The number of carbonyl (C=O) groups excluding carboxylic acids is 1. The number of hydrogen-bond donors (Lipinski definition) is 2. The zero-order chi connectivity index (χ0) is 12.8. The highest BCUT2D eigenvalue weighted by Gasteiger charge is 2.12. The molecule has 0 fully saturated rings. The molecule has 0 atom stereocenters. The Balaban J connectivity index is 3.16. The number of carbonyl (C=O) groups is 1. The van der Waals surface area contributed by atoms with Crippen LogP contribution in [0, 0.1) is 11.8 Å². The second-order valence-electron chi connectivity index (χ2n) is 3.19. The van der Waals surface area contributed by atoms with Gasteiger partial charge in [0.25, 0.3) is 0 Å². The second kappa shape index (κ2) is 6.14. The van der Waals surface area contributed by atoms with E-state index in [2.05, 4.69) is 16.6 Å². The maximum Gasteiger partial charge on any atom is 0.340 e. The monoisotopic (exact) mass is 253 g/mol. The van der Waals surface area contributed by atoms with Gasteiger partial charge in [-0.25, -0.2) is 4.79 Å². The van der Waals surface area contributed by atoms with E-state index >= 15 is 0 Å². The molecule has 5 heteroatoms. The van der Waals surface area contributed by atoms with Gasteiger partial charge in [0.15, 0.2) is 0 Å². The lowest BCUT2D eigenvalue weighted by Gasteiger charge is -2.05. The second-order valence-corrected chi connectivity index (χ2v) is 3.59. The summed E-state index contributed by atoms with van der Waals surface area (Å²) in [5, 5.41) is 8.97. The molecule has 0 amide bonds. The van der Waals surface area contributed by atoms with Crippen molar-refractivity contribution in [1.29, 1.82) is 0 Å². The van der Waals surface area contributed by atoms with E-state index in [9.17, 15) is 4.79 Å². The van der Waals surface area contributed by atoms with E-state index in [1.165, 1.54) is 19.2 Å². The van der Waals surface area contributed by atoms with Crippen molar-refractivity contribution < 1.29 is 14.6 Å². The number of halogens is 1. The summed E-state index contributed by atoms with van der Waals surface area (Å²) in [6.45, 7) is -0.0244. The van der Waals surface area contributed by atoms with Crippen LogP contribution in [0.1, 0.15) is 22.3 Å². The van der Waals surface area contributed by atoms with E-state index in [0.717, 1.165) is 0 Å². The van der Waals surface area contributed by atoms with Gasteiger partial charge in [-0.05, 0) is 12.1 Å². The quantitative estimate of drug-likeness (QED) is 0.475. The van der Waals surface area contributed by atoms with Gasteiger partial charge in [0, 0.05) is 17.7 Å². The Labute approximate surface area is 104 Å². The Kier molecular flexibility index (Phi) is 4.83. The third-order valence-electron chi connectivity index (χ3n) is 2.00. The normalized spacial score (nSPS) is 9.35. The average molecular weight is 254 g/mol. The zero-order valence-electron chi connectivity index (χ0n) is 9.29. The molecule has 0 saturated heterocycles. The third kappa shape index (κ3) is 3.38. The van der Waals surface area contributed by atoms with Gasteiger partial charge >= 0.3 is 5.97 Å². The van der Waals surface area contributed by atoms with E-state index in [4.69, 9.17) is 22.4 Å². The number of hydrogen-bond acceptors (Lipinski definition) is 4. The van der Waals surface area contributed by atoms with Crippen molar-refractivity contribution in [3.05, 3.63) is 28.3 Å². The van der Waals surface area contributed by atoms with Crippen LogP contribution in [0.4, 0.5) is 5.69 Å². The summed E-state index contributed by atoms with van der Waals surface area (Å²) in [4.78, 5) is 11.4. The zero-order valence-corrected chi connectivity index (χ0v) is 10.0. The fourth-order valence-corrected chi connectivity index (χ4v) is 1.40. The van der Waals surface area contributed by atoms with E-state index in [0.29, 0.717) is 17.0 Å². The summed E-state index contributed by atoms with van der Waals surface area (Å²) in [5.41, 5.74) is 6.60. The molecule has 0 heterocycles. The molecular weight excluding hydrogens is 242 g/mol. The number of aliphatic hydroxyl groups excluding tert-OH is 1. The first-order valence-corrected chi connectivity index (χ1v) is 5.25. The number of rotatable bonds is 2. The van der Waals surface area contributed by atoms with Gasteiger partial charge < -0.3 is 15.6 Å². The van der Waals surface area contributed by atoms with Gasteiger partial charge in [-0.2, -0.15) is 0 Å². The highest BCUT2D eigenvalue weighted by molar-refractivity contribution is 6.32. The van der Waals surface area contributed by atoms with Crippen LogP contribution in [0.2, 0.25) is 5.02 Å². The lowest BCUT2D eigenvalue weighted by atomic mass is 10.1. The maximum atomic E-state index is 11.4. The molecule has 0 aliphatic rings. The van der Waals surface area contributed by atoms with E-state index in [1.54, 1.807) is 0 Å². The minimum Gasteiger partial charge on any atom is -0.465 e. The molecule has 0 spiro atoms. The van der Waals surface area contributed by atoms with Gasteiger partial charge in [0.1, 0.15) is 0 Å². The standard InChI is InChI=1S/C12H12ClNO3/c1-17-12(16)9-6-8(4-2-3-5-15)10(13)7-11(9)14/h6-7,15H,3,5,14H2,1H3. The van der Waals surface area contributed by atoms with E-state index in [-0.39, 0.29) is 17.9 Å². The van der Waals surface area contributed by atoms with Crippen molar-refractivity contribution in [3.63, 3.8) is 0 Å². The molecular formula is C12H12ClNO3. The van der Waals surface area contributed by atoms with Gasteiger partial charge in [-0.3, -0.25) is 0 Å². The smallest absolute Gasteiger partial charge is 0.340 e. The minimum atomic E-state index is -0.538. The van der Waals surface area contributed by atoms with Crippen LogP contribution in [0.15, 0.2) is 12.1 Å². The number of esters is 1. The van der Waals surface area contributed by atoms with Gasteiger partial charge in [-0.15, -0.1) is 0 Å². The summed E-state index contributed by atoms with van der Waals surface area (Å²) in [5.74, 6) is 4.94.